The van der Waals surface area contributed by atoms with Gasteiger partial charge in [-0.3, -0.25) is 4.79 Å². The molecule has 1 heterocycles. The first-order valence-corrected chi connectivity index (χ1v) is 11.0. The molecular weight excluding hydrogens is 479 g/mol. The lowest BCUT2D eigenvalue weighted by Gasteiger charge is -2.46. The van der Waals surface area contributed by atoms with Gasteiger partial charge in [-0.1, -0.05) is 12.1 Å². The molecule has 0 aromatic heterocycles. The number of nitrogens with one attached hydrogen (secondary N) is 1. The number of carbonyl (C=O) groups is 1. The van der Waals surface area contributed by atoms with E-state index in [1.165, 1.54) is 41.3 Å². The van der Waals surface area contributed by atoms with Crippen molar-refractivity contribution in [3.63, 3.8) is 0 Å². The second-order valence-electron chi connectivity index (χ2n) is 7.79. The standard InChI is InChI=1S/C23H17F5N2O3S/c24-17-6-9-20(19(25)11-17)34(33)29-18-7-4-14(5-8-18)21(31)30-12-22(32,13-30)15-2-1-3-16(10-15)23(26,27)28/h1-11,29,32H,12-13H2. The summed E-state index contributed by atoms with van der Waals surface area (Å²) in [6, 6.07) is 12.7. The Morgan fingerprint density at radius 3 is 2.29 bits per heavy atom. The molecule has 1 atom stereocenters. The normalized spacial score (nSPS) is 16.0. The fraction of sp³-hybridized carbons (Fsp3) is 0.174. The van der Waals surface area contributed by atoms with E-state index in [4.69, 9.17) is 0 Å². The van der Waals surface area contributed by atoms with Crippen LogP contribution in [-0.4, -0.2) is 33.2 Å². The van der Waals surface area contributed by atoms with Crippen molar-refractivity contribution in [3.05, 3.63) is 95.1 Å². The van der Waals surface area contributed by atoms with Crippen LogP contribution in [0.5, 0.6) is 0 Å². The van der Waals surface area contributed by atoms with Crippen molar-refractivity contribution in [1.29, 1.82) is 0 Å². The van der Waals surface area contributed by atoms with Crippen molar-refractivity contribution < 1.29 is 36.1 Å². The number of hydrogen-bond acceptors (Lipinski definition) is 3. The van der Waals surface area contributed by atoms with Gasteiger partial charge in [-0.15, -0.1) is 0 Å². The summed E-state index contributed by atoms with van der Waals surface area (Å²) >= 11 is 0. The summed E-state index contributed by atoms with van der Waals surface area (Å²) in [7, 11) is -2.01. The molecule has 4 rings (SSSR count). The Morgan fingerprint density at radius 2 is 1.68 bits per heavy atom. The van der Waals surface area contributed by atoms with E-state index < -0.39 is 45.9 Å². The minimum absolute atomic E-state index is 0.0708. The number of nitrogens with zero attached hydrogens (tertiary/aromatic N) is 1. The molecule has 3 aromatic carbocycles. The highest BCUT2D eigenvalue weighted by Gasteiger charge is 2.46. The monoisotopic (exact) mass is 496 g/mol. The Kier molecular flexibility index (Phi) is 6.17. The van der Waals surface area contributed by atoms with E-state index in [0.29, 0.717) is 11.8 Å². The highest BCUT2D eigenvalue weighted by Crippen LogP contribution is 2.36. The van der Waals surface area contributed by atoms with Gasteiger partial charge in [0.15, 0.2) is 11.0 Å². The number of alkyl halides is 3. The Bertz CT molecular complexity index is 1260. The van der Waals surface area contributed by atoms with Crippen LogP contribution in [0.2, 0.25) is 0 Å². The Morgan fingerprint density at radius 1 is 1.00 bits per heavy atom. The Hall–Kier alpha value is -3.31. The van der Waals surface area contributed by atoms with Crippen LogP contribution in [0.25, 0.3) is 0 Å². The van der Waals surface area contributed by atoms with Gasteiger partial charge in [0, 0.05) is 17.3 Å². The minimum atomic E-state index is -4.55. The van der Waals surface area contributed by atoms with Gasteiger partial charge >= 0.3 is 6.18 Å². The zero-order valence-electron chi connectivity index (χ0n) is 17.3. The van der Waals surface area contributed by atoms with Gasteiger partial charge in [0.05, 0.1) is 23.5 Å². The predicted octanol–water partition coefficient (Wildman–Crippen LogP) is 4.46. The van der Waals surface area contributed by atoms with E-state index in [2.05, 4.69) is 4.72 Å². The third kappa shape index (κ3) is 4.80. The number of rotatable bonds is 5. The fourth-order valence-corrected chi connectivity index (χ4v) is 4.44. The Labute approximate surface area is 193 Å². The summed E-state index contributed by atoms with van der Waals surface area (Å²) in [6.07, 6.45) is -4.55. The van der Waals surface area contributed by atoms with Crippen LogP contribution in [0, 0.1) is 11.6 Å². The van der Waals surface area contributed by atoms with Crippen LogP contribution in [-0.2, 0) is 22.8 Å². The molecule has 5 nitrogen and oxygen atoms in total. The number of aliphatic hydroxyl groups is 1. The van der Waals surface area contributed by atoms with Crippen molar-refractivity contribution in [2.24, 2.45) is 0 Å². The molecule has 1 saturated heterocycles. The molecule has 0 spiro atoms. The number of anilines is 1. The second-order valence-corrected chi connectivity index (χ2v) is 8.98. The summed E-state index contributed by atoms with van der Waals surface area (Å²) in [5.74, 6) is -2.22. The van der Waals surface area contributed by atoms with Crippen molar-refractivity contribution in [2.45, 2.75) is 16.7 Å². The number of carbonyl (C=O) groups excluding carboxylic acids is 1. The van der Waals surface area contributed by atoms with Gasteiger partial charge in [-0.2, -0.15) is 13.2 Å². The Balaban J connectivity index is 1.40. The van der Waals surface area contributed by atoms with Crippen molar-refractivity contribution in [2.75, 3.05) is 17.8 Å². The lowest BCUT2D eigenvalue weighted by molar-refractivity contribution is -0.138. The molecule has 0 aliphatic carbocycles. The zero-order chi connectivity index (χ0) is 24.7. The molecule has 0 radical (unpaired) electrons. The average molecular weight is 496 g/mol. The van der Waals surface area contributed by atoms with Crippen LogP contribution in [0.4, 0.5) is 27.6 Å². The molecular formula is C23H17F5N2O3S. The maximum Gasteiger partial charge on any atom is 0.416 e. The van der Waals surface area contributed by atoms with Crippen LogP contribution in [0.15, 0.2) is 71.6 Å². The third-order valence-electron chi connectivity index (χ3n) is 5.36. The topological polar surface area (TPSA) is 69.6 Å². The van der Waals surface area contributed by atoms with Gasteiger partial charge in [0.1, 0.15) is 17.2 Å². The molecule has 178 valence electrons. The lowest BCUT2D eigenvalue weighted by Crippen LogP contribution is -2.61. The molecule has 1 fully saturated rings. The summed E-state index contributed by atoms with van der Waals surface area (Å²) in [4.78, 5) is 13.7. The molecule has 3 aromatic rings. The van der Waals surface area contributed by atoms with Crippen molar-refractivity contribution >= 4 is 22.6 Å². The van der Waals surface area contributed by atoms with E-state index in [1.807, 2.05) is 0 Å². The van der Waals surface area contributed by atoms with Gasteiger partial charge in [0.25, 0.3) is 5.91 Å². The predicted molar refractivity (Wildman–Crippen MR) is 114 cm³/mol. The summed E-state index contributed by atoms with van der Waals surface area (Å²) in [6.45, 7) is -0.359. The third-order valence-corrected chi connectivity index (χ3v) is 6.51. The SMILES string of the molecule is O=C(c1ccc(NS(=O)c2ccc(F)cc2F)cc1)N1CC(O)(c2cccc(C(F)(F)F)c2)C1. The molecule has 1 unspecified atom stereocenters. The molecule has 1 amide bonds. The quantitative estimate of drug-likeness (QED) is 0.513. The number of β-amino-alcohol motifs (C(OH)–C–C–N with tert-alkyl or cyclic N) is 1. The van der Waals surface area contributed by atoms with Gasteiger partial charge in [-0.25, -0.2) is 13.0 Å². The first-order chi connectivity index (χ1) is 16.0. The molecule has 2 N–H and O–H groups in total. The fourth-order valence-electron chi connectivity index (χ4n) is 3.55. The molecule has 0 bridgehead atoms. The highest BCUT2D eigenvalue weighted by molar-refractivity contribution is 7.86. The van der Waals surface area contributed by atoms with Crippen LogP contribution in [0.1, 0.15) is 21.5 Å². The zero-order valence-corrected chi connectivity index (χ0v) is 18.1. The number of benzene rings is 3. The maximum absolute atomic E-state index is 13.8. The number of amides is 1. The first kappa shape index (κ1) is 23.8. The van der Waals surface area contributed by atoms with E-state index in [-0.39, 0.29) is 29.1 Å². The molecule has 11 heteroatoms. The number of likely N-dealkylation sites (tertiary alicyclic amines) is 1. The van der Waals surface area contributed by atoms with E-state index in [9.17, 15) is 36.1 Å². The van der Waals surface area contributed by atoms with Crippen LogP contribution < -0.4 is 4.72 Å². The van der Waals surface area contributed by atoms with E-state index >= 15 is 0 Å². The van der Waals surface area contributed by atoms with Gasteiger partial charge < -0.3 is 14.7 Å². The van der Waals surface area contributed by atoms with Gasteiger partial charge in [0.2, 0.25) is 0 Å². The summed E-state index contributed by atoms with van der Waals surface area (Å²) in [5, 5.41) is 10.7. The van der Waals surface area contributed by atoms with Gasteiger partial charge in [-0.05, 0) is 54.1 Å². The molecule has 34 heavy (non-hydrogen) atoms. The van der Waals surface area contributed by atoms with Crippen molar-refractivity contribution in [3.8, 4) is 0 Å². The maximum atomic E-state index is 13.8. The average Bonchev–Trinajstić information content (AvgIpc) is 2.76. The molecule has 0 saturated carbocycles. The highest BCUT2D eigenvalue weighted by atomic mass is 32.2. The van der Waals surface area contributed by atoms with E-state index in [0.717, 1.165) is 24.3 Å². The minimum Gasteiger partial charge on any atom is -0.381 e. The van der Waals surface area contributed by atoms with E-state index in [1.54, 1.807) is 0 Å². The number of halogens is 5. The largest absolute Gasteiger partial charge is 0.416 e. The van der Waals surface area contributed by atoms with Crippen LogP contribution >= 0.6 is 0 Å². The summed E-state index contributed by atoms with van der Waals surface area (Å²) < 4.78 is 80.4. The first-order valence-electron chi connectivity index (χ1n) is 9.89. The smallest absolute Gasteiger partial charge is 0.381 e. The van der Waals surface area contributed by atoms with Crippen molar-refractivity contribution in [1.82, 2.24) is 4.90 Å². The second kappa shape index (κ2) is 8.80. The molecule has 1 aliphatic rings. The lowest BCUT2D eigenvalue weighted by atomic mass is 9.85. The van der Waals surface area contributed by atoms with Crippen LogP contribution in [0.3, 0.4) is 0 Å². The summed E-state index contributed by atoms with van der Waals surface area (Å²) in [5.41, 5.74) is -1.86. The molecule has 1 aliphatic heterocycles. The number of hydrogen-bond donors (Lipinski definition) is 2.